The molecule has 0 saturated carbocycles. The number of nitrogens with one attached hydrogen (secondary N) is 1. The van der Waals surface area contributed by atoms with Gasteiger partial charge in [-0.3, -0.25) is 5.32 Å². The van der Waals surface area contributed by atoms with E-state index in [1.54, 1.807) is 33.0 Å². The summed E-state index contributed by atoms with van der Waals surface area (Å²) in [5.41, 5.74) is 0.328. The fourth-order valence-corrected chi connectivity index (χ4v) is 1.37. The van der Waals surface area contributed by atoms with Gasteiger partial charge >= 0.3 is 6.09 Å². The van der Waals surface area contributed by atoms with Crippen molar-refractivity contribution in [2.45, 2.75) is 26.4 Å². The molecule has 0 spiro atoms. The molecule has 0 bridgehead atoms. The number of ether oxygens (including phenoxy) is 1. The van der Waals surface area contributed by atoms with Crippen molar-refractivity contribution < 1.29 is 14.6 Å². The molecule has 1 heterocycles. The molecule has 0 saturated heterocycles. The van der Waals surface area contributed by atoms with Crippen molar-refractivity contribution in [2.24, 2.45) is 0 Å². The second kappa shape index (κ2) is 6.38. The first-order chi connectivity index (χ1) is 8.81. The minimum atomic E-state index is -0.536. The molecular formula is C13H21N3O3. The molecule has 0 aliphatic heterocycles. The number of anilines is 2. The van der Waals surface area contributed by atoms with Gasteiger partial charge in [0.15, 0.2) is 0 Å². The third-order valence-electron chi connectivity index (χ3n) is 2.25. The van der Waals surface area contributed by atoms with Gasteiger partial charge in [-0.05, 0) is 32.9 Å². The van der Waals surface area contributed by atoms with Crippen LogP contribution in [0.2, 0.25) is 0 Å². The number of carbonyl (C=O) groups excluding carboxylic acids is 1. The van der Waals surface area contributed by atoms with E-state index < -0.39 is 11.7 Å². The van der Waals surface area contributed by atoms with E-state index in [9.17, 15) is 4.79 Å². The number of aliphatic hydroxyl groups is 1. The van der Waals surface area contributed by atoms with E-state index in [0.717, 1.165) is 5.69 Å². The third kappa shape index (κ3) is 5.56. The molecule has 106 valence electrons. The van der Waals surface area contributed by atoms with Gasteiger partial charge in [-0.1, -0.05) is 0 Å². The number of nitrogens with zero attached hydrogens (tertiary/aromatic N) is 2. The number of likely N-dealkylation sites (N-methyl/N-ethyl adjacent to an activating group) is 1. The topological polar surface area (TPSA) is 74.7 Å². The van der Waals surface area contributed by atoms with Crippen LogP contribution in [0.3, 0.4) is 0 Å². The summed E-state index contributed by atoms with van der Waals surface area (Å²) < 4.78 is 5.12. The van der Waals surface area contributed by atoms with Gasteiger partial charge in [-0.25, -0.2) is 9.78 Å². The maximum atomic E-state index is 11.5. The van der Waals surface area contributed by atoms with Gasteiger partial charge in [0, 0.05) is 13.6 Å². The molecule has 0 aliphatic carbocycles. The van der Waals surface area contributed by atoms with Crippen LogP contribution in [0.1, 0.15) is 20.8 Å². The van der Waals surface area contributed by atoms with Crippen LogP contribution < -0.4 is 10.2 Å². The highest BCUT2D eigenvalue weighted by molar-refractivity contribution is 5.83. The van der Waals surface area contributed by atoms with Crippen LogP contribution >= 0.6 is 0 Å². The van der Waals surface area contributed by atoms with Crippen LogP contribution in [0.25, 0.3) is 0 Å². The molecule has 0 unspecified atom stereocenters. The zero-order valence-corrected chi connectivity index (χ0v) is 11.8. The molecule has 1 amide bonds. The zero-order valence-electron chi connectivity index (χ0n) is 11.8. The quantitative estimate of drug-likeness (QED) is 0.871. The number of carbonyl (C=O) groups is 1. The standard InChI is InChI=1S/C13H21N3O3/c1-13(2,3)19-12(18)15-11-6-5-10(9-14-11)16(4)7-8-17/h5-6,9,17H,7-8H2,1-4H3,(H,14,15,18). The Hall–Kier alpha value is -1.82. The van der Waals surface area contributed by atoms with Crippen LogP contribution in [0.4, 0.5) is 16.3 Å². The lowest BCUT2D eigenvalue weighted by Gasteiger charge is -2.20. The number of hydrogen-bond acceptors (Lipinski definition) is 5. The van der Waals surface area contributed by atoms with Crippen molar-refractivity contribution in [1.29, 1.82) is 0 Å². The first-order valence-corrected chi connectivity index (χ1v) is 6.10. The van der Waals surface area contributed by atoms with Gasteiger partial charge < -0.3 is 14.7 Å². The Morgan fingerprint density at radius 3 is 2.63 bits per heavy atom. The second-order valence-corrected chi connectivity index (χ2v) is 5.17. The molecule has 1 aromatic heterocycles. The van der Waals surface area contributed by atoms with E-state index in [-0.39, 0.29) is 6.61 Å². The van der Waals surface area contributed by atoms with Crippen molar-refractivity contribution >= 4 is 17.6 Å². The number of amides is 1. The second-order valence-electron chi connectivity index (χ2n) is 5.17. The number of aliphatic hydroxyl groups excluding tert-OH is 1. The minimum absolute atomic E-state index is 0.0778. The Morgan fingerprint density at radius 2 is 2.16 bits per heavy atom. The lowest BCUT2D eigenvalue weighted by atomic mass is 10.2. The van der Waals surface area contributed by atoms with E-state index in [1.807, 2.05) is 18.0 Å². The van der Waals surface area contributed by atoms with Crippen molar-refractivity contribution in [2.75, 3.05) is 30.4 Å². The molecule has 6 heteroatoms. The van der Waals surface area contributed by atoms with Crippen molar-refractivity contribution in [3.05, 3.63) is 18.3 Å². The minimum Gasteiger partial charge on any atom is -0.444 e. The summed E-state index contributed by atoms with van der Waals surface area (Å²) >= 11 is 0. The van der Waals surface area contributed by atoms with E-state index >= 15 is 0 Å². The van der Waals surface area contributed by atoms with E-state index in [1.165, 1.54) is 0 Å². The number of hydrogen-bond donors (Lipinski definition) is 2. The SMILES string of the molecule is CN(CCO)c1ccc(NC(=O)OC(C)(C)C)nc1. The van der Waals surface area contributed by atoms with Crippen molar-refractivity contribution in [1.82, 2.24) is 4.98 Å². The Labute approximate surface area is 113 Å². The molecule has 6 nitrogen and oxygen atoms in total. The average molecular weight is 267 g/mol. The molecule has 19 heavy (non-hydrogen) atoms. The normalized spacial score (nSPS) is 11.0. The van der Waals surface area contributed by atoms with E-state index in [2.05, 4.69) is 10.3 Å². The van der Waals surface area contributed by atoms with Crippen LogP contribution in [-0.4, -0.2) is 42.0 Å². The van der Waals surface area contributed by atoms with Crippen molar-refractivity contribution in [3.63, 3.8) is 0 Å². The summed E-state index contributed by atoms with van der Waals surface area (Å²) in [6, 6.07) is 3.50. The Morgan fingerprint density at radius 1 is 1.47 bits per heavy atom. The van der Waals surface area contributed by atoms with Crippen LogP contribution in [0.5, 0.6) is 0 Å². The molecule has 1 rings (SSSR count). The molecule has 0 fully saturated rings. The molecular weight excluding hydrogens is 246 g/mol. The third-order valence-corrected chi connectivity index (χ3v) is 2.25. The highest BCUT2D eigenvalue weighted by atomic mass is 16.6. The Bertz CT molecular complexity index is 412. The van der Waals surface area contributed by atoms with Gasteiger partial charge in [0.05, 0.1) is 18.5 Å². The van der Waals surface area contributed by atoms with Crippen LogP contribution in [0.15, 0.2) is 18.3 Å². The molecule has 0 radical (unpaired) electrons. The first kappa shape index (κ1) is 15.2. The predicted octanol–water partition coefficient (Wildman–Crippen LogP) is 1.86. The molecule has 2 N–H and O–H groups in total. The van der Waals surface area contributed by atoms with E-state index in [0.29, 0.717) is 12.4 Å². The summed E-state index contributed by atoms with van der Waals surface area (Å²) in [6.45, 7) is 6.00. The molecule has 0 aromatic carbocycles. The summed E-state index contributed by atoms with van der Waals surface area (Å²) in [5, 5.41) is 11.4. The van der Waals surface area contributed by atoms with Gasteiger partial charge in [-0.15, -0.1) is 0 Å². The molecule has 0 aliphatic rings. The zero-order chi connectivity index (χ0) is 14.5. The first-order valence-electron chi connectivity index (χ1n) is 6.10. The highest BCUT2D eigenvalue weighted by Gasteiger charge is 2.16. The average Bonchev–Trinajstić information content (AvgIpc) is 2.27. The monoisotopic (exact) mass is 267 g/mol. The number of pyridine rings is 1. The van der Waals surface area contributed by atoms with Gasteiger partial charge in [0.1, 0.15) is 11.4 Å². The lowest BCUT2D eigenvalue weighted by Crippen LogP contribution is -2.27. The Kier molecular flexibility index (Phi) is 5.11. The Balaban J connectivity index is 2.59. The summed E-state index contributed by atoms with van der Waals surface area (Å²) in [4.78, 5) is 17.5. The van der Waals surface area contributed by atoms with Crippen molar-refractivity contribution in [3.8, 4) is 0 Å². The smallest absolute Gasteiger partial charge is 0.413 e. The van der Waals surface area contributed by atoms with Gasteiger partial charge in [0.2, 0.25) is 0 Å². The summed E-state index contributed by atoms with van der Waals surface area (Å²) in [5.74, 6) is 0.426. The highest BCUT2D eigenvalue weighted by Crippen LogP contribution is 2.14. The molecule has 1 aromatic rings. The van der Waals surface area contributed by atoms with Crippen LogP contribution in [-0.2, 0) is 4.74 Å². The maximum Gasteiger partial charge on any atom is 0.413 e. The fourth-order valence-electron chi connectivity index (χ4n) is 1.37. The lowest BCUT2D eigenvalue weighted by molar-refractivity contribution is 0.0635. The maximum absolute atomic E-state index is 11.5. The number of aromatic nitrogens is 1. The van der Waals surface area contributed by atoms with Gasteiger partial charge in [0.25, 0.3) is 0 Å². The largest absolute Gasteiger partial charge is 0.444 e. The summed E-state index contributed by atoms with van der Waals surface area (Å²) in [6.07, 6.45) is 1.10. The van der Waals surface area contributed by atoms with Crippen LogP contribution in [0, 0.1) is 0 Å². The van der Waals surface area contributed by atoms with E-state index in [4.69, 9.17) is 9.84 Å². The summed E-state index contributed by atoms with van der Waals surface area (Å²) in [7, 11) is 1.86. The predicted molar refractivity (Wildman–Crippen MR) is 74.4 cm³/mol. The number of rotatable bonds is 4. The van der Waals surface area contributed by atoms with Gasteiger partial charge in [-0.2, -0.15) is 0 Å². The molecule has 0 atom stereocenters. The fraction of sp³-hybridized carbons (Fsp3) is 0.538.